The minimum absolute atomic E-state index is 0.0185. The fourth-order valence-corrected chi connectivity index (χ4v) is 4.89. The largest absolute Gasteiger partial charge is 0.483 e. The predicted octanol–water partition coefficient (Wildman–Crippen LogP) is 4.74. The van der Waals surface area contributed by atoms with E-state index in [-0.39, 0.29) is 23.1 Å². The van der Waals surface area contributed by atoms with Gasteiger partial charge in [-0.2, -0.15) is 0 Å². The third-order valence-corrected chi connectivity index (χ3v) is 7.03. The molecular formula is C24H23ClF2N2O4S. The summed E-state index contributed by atoms with van der Waals surface area (Å²) in [6, 6.07) is 14.3. The highest BCUT2D eigenvalue weighted by Gasteiger charge is 2.28. The summed E-state index contributed by atoms with van der Waals surface area (Å²) in [4.78, 5) is 12.9. The molecule has 0 spiro atoms. The molecule has 0 bridgehead atoms. The smallest absolute Gasteiger partial charge is 0.257 e. The fourth-order valence-electron chi connectivity index (χ4n) is 3.34. The van der Waals surface area contributed by atoms with Crippen LogP contribution in [0.3, 0.4) is 0 Å². The molecule has 3 aromatic rings. The van der Waals surface area contributed by atoms with Gasteiger partial charge in [-0.1, -0.05) is 29.8 Å². The van der Waals surface area contributed by atoms with Crippen LogP contribution in [0.15, 0.2) is 71.6 Å². The standard InChI is InChI=1S/C24H23ClF2N2O4S/c1-16(20-5-3-4-6-23(20)33-14-24(30)28-2)29(22-13-18(26)9-12-21(22)27)15-34(31,32)19-10-7-17(25)8-11-19/h3-13,16H,14-15H2,1-2H3,(H,28,30). The van der Waals surface area contributed by atoms with E-state index in [9.17, 15) is 22.0 Å². The van der Waals surface area contributed by atoms with Gasteiger partial charge in [0, 0.05) is 23.7 Å². The maximum atomic E-state index is 14.8. The number of nitrogens with zero attached hydrogens (tertiary/aromatic N) is 1. The number of ether oxygens (including phenoxy) is 1. The monoisotopic (exact) mass is 508 g/mol. The SMILES string of the molecule is CNC(=O)COc1ccccc1C(C)N(CS(=O)(=O)c1ccc(Cl)cc1)c1cc(F)ccc1F. The van der Waals surface area contributed by atoms with Crippen molar-refractivity contribution >= 4 is 33.0 Å². The summed E-state index contributed by atoms with van der Waals surface area (Å²) in [7, 11) is -2.51. The Morgan fingerprint density at radius 3 is 2.44 bits per heavy atom. The first-order valence-electron chi connectivity index (χ1n) is 10.2. The van der Waals surface area contributed by atoms with Gasteiger partial charge in [0.05, 0.1) is 16.6 Å². The molecule has 10 heteroatoms. The lowest BCUT2D eigenvalue weighted by molar-refractivity contribution is -0.122. The zero-order valence-electron chi connectivity index (χ0n) is 18.5. The average Bonchev–Trinajstić information content (AvgIpc) is 2.82. The zero-order chi connectivity index (χ0) is 24.9. The van der Waals surface area contributed by atoms with Gasteiger partial charge in [0.15, 0.2) is 16.4 Å². The number of hydrogen-bond acceptors (Lipinski definition) is 5. The summed E-state index contributed by atoms with van der Waals surface area (Å²) >= 11 is 5.87. The number of nitrogens with one attached hydrogen (secondary N) is 1. The molecule has 3 aromatic carbocycles. The Hall–Kier alpha value is -3.17. The number of likely N-dealkylation sites (N-methyl/N-ethyl adjacent to an activating group) is 1. The van der Waals surface area contributed by atoms with Crippen molar-refractivity contribution in [2.45, 2.75) is 17.9 Å². The molecule has 6 nitrogen and oxygen atoms in total. The number of carbonyl (C=O) groups excluding carboxylic acids is 1. The van der Waals surface area contributed by atoms with Gasteiger partial charge in [-0.15, -0.1) is 0 Å². The van der Waals surface area contributed by atoms with Gasteiger partial charge >= 0.3 is 0 Å². The summed E-state index contributed by atoms with van der Waals surface area (Å²) < 4.78 is 60.9. The second-order valence-electron chi connectivity index (χ2n) is 7.44. The van der Waals surface area contributed by atoms with Crippen LogP contribution in [0.1, 0.15) is 18.5 Å². The maximum absolute atomic E-state index is 14.8. The van der Waals surface area contributed by atoms with Crippen LogP contribution in [0.25, 0.3) is 0 Å². The van der Waals surface area contributed by atoms with Crippen LogP contribution in [0.4, 0.5) is 14.5 Å². The number of benzene rings is 3. The molecule has 0 aliphatic heterocycles. The van der Waals surface area contributed by atoms with Crippen LogP contribution in [0.5, 0.6) is 5.75 Å². The number of para-hydroxylation sites is 1. The molecule has 0 saturated carbocycles. The summed E-state index contributed by atoms with van der Waals surface area (Å²) in [6.45, 7) is 1.38. The van der Waals surface area contributed by atoms with Gasteiger partial charge in [-0.05, 0) is 49.4 Å². The second-order valence-corrected chi connectivity index (χ2v) is 9.83. The van der Waals surface area contributed by atoms with Crippen molar-refractivity contribution in [1.29, 1.82) is 0 Å². The lowest BCUT2D eigenvalue weighted by Gasteiger charge is -2.32. The molecule has 180 valence electrons. The Morgan fingerprint density at radius 1 is 1.09 bits per heavy atom. The molecular weight excluding hydrogens is 486 g/mol. The molecule has 3 rings (SSSR count). The molecule has 34 heavy (non-hydrogen) atoms. The highest BCUT2D eigenvalue weighted by molar-refractivity contribution is 7.91. The van der Waals surface area contributed by atoms with Crippen molar-refractivity contribution in [2.75, 3.05) is 24.4 Å². The molecule has 1 unspecified atom stereocenters. The molecule has 1 N–H and O–H groups in total. The Bertz CT molecular complexity index is 1270. The molecule has 1 amide bonds. The normalized spacial score (nSPS) is 12.1. The van der Waals surface area contributed by atoms with Crippen LogP contribution in [0, 0.1) is 11.6 Å². The minimum atomic E-state index is -3.98. The maximum Gasteiger partial charge on any atom is 0.257 e. The highest BCUT2D eigenvalue weighted by Crippen LogP contribution is 2.35. The molecule has 0 radical (unpaired) electrons. The van der Waals surface area contributed by atoms with E-state index < -0.39 is 33.4 Å². The average molecular weight is 509 g/mol. The van der Waals surface area contributed by atoms with Crippen LogP contribution >= 0.6 is 11.6 Å². The Kier molecular flexibility index (Phi) is 8.11. The quantitative estimate of drug-likeness (QED) is 0.452. The molecule has 0 heterocycles. The van der Waals surface area contributed by atoms with E-state index in [4.69, 9.17) is 16.3 Å². The van der Waals surface area contributed by atoms with E-state index in [1.54, 1.807) is 31.2 Å². The Morgan fingerprint density at radius 2 is 1.76 bits per heavy atom. The van der Waals surface area contributed by atoms with Crippen molar-refractivity contribution in [3.05, 3.63) is 89.0 Å². The highest BCUT2D eigenvalue weighted by atomic mass is 35.5. The van der Waals surface area contributed by atoms with Crippen molar-refractivity contribution in [2.24, 2.45) is 0 Å². The summed E-state index contributed by atoms with van der Waals surface area (Å²) in [6.07, 6.45) is 0. The van der Waals surface area contributed by atoms with Crippen LogP contribution in [-0.2, 0) is 14.6 Å². The number of rotatable bonds is 9. The van der Waals surface area contributed by atoms with E-state index in [0.29, 0.717) is 16.3 Å². The summed E-state index contributed by atoms with van der Waals surface area (Å²) in [5.41, 5.74) is 0.257. The molecule has 1 atom stereocenters. The van der Waals surface area contributed by atoms with Gasteiger partial charge in [0.25, 0.3) is 5.91 Å². The molecule has 0 fully saturated rings. The molecule has 0 aliphatic carbocycles. The van der Waals surface area contributed by atoms with E-state index in [0.717, 1.165) is 18.2 Å². The fraction of sp³-hybridized carbons (Fsp3) is 0.208. The number of sulfone groups is 1. The summed E-state index contributed by atoms with van der Waals surface area (Å²) in [5, 5.41) is 2.81. The van der Waals surface area contributed by atoms with Crippen molar-refractivity contribution in [3.63, 3.8) is 0 Å². The number of amides is 1. The Balaban J connectivity index is 2.05. The number of carbonyl (C=O) groups is 1. The van der Waals surface area contributed by atoms with E-state index in [1.807, 2.05) is 0 Å². The van der Waals surface area contributed by atoms with E-state index in [1.165, 1.54) is 36.2 Å². The first kappa shape index (κ1) is 25.5. The molecule has 0 aromatic heterocycles. The van der Waals surface area contributed by atoms with Gasteiger partial charge < -0.3 is 15.0 Å². The van der Waals surface area contributed by atoms with Crippen LogP contribution in [0.2, 0.25) is 5.02 Å². The number of hydrogen-bond donors (Lipinski definition) is 1. The van der Waals surface area contributed by atoms with Crippen molar-refractivity contribution < 1.29 is 26.7 Å². The zero-order valence-corrected chi connectivity index (χ0v) is 20.0. The lowest BCUT2D eigenvalue weighted by Crippen LogP contribution is -2.34. The van der Waals surface area contributed by atoms with Gasteiger partial charge in [0.2, 0.25) is 0 Å². The van der Waals surface area contributed by atoms with Crippen LogP contribution < -0.4 is 15.0 Å². The second kappa shape index (κ2) is 10.8. The van der Waals surface area contributed by atoms with Crippen LogP contribution in [-0.4, -0.2) is 33.9 Å². The first-order valence-corrected chi connectivity index (χ1v) is 12.3. The number of anilines is 1. The van der Waals surface area contributed by atoms with Crippen molar-refractivity contribution in [1.82, 2.24) is 5.32 Å². The first-order chi connectivity index (χ1) is 16.1. The third kappa shape index (κ3) is 6.03. The Labute approximate surface area is 202 Å². The lowest BCUT2D eigenvalue weighted by atomic mass is 10.1. The minimum Gasteiger partial charge on any atom is -0.483 e. The predicted molar refractivity (Wildman–Crippen MR) is 127 cm³/mol. The molecule has 0 aliphatic rings. The number of halogens is 3. The van der Waals surface area contributed by atoms with Gasteiger partial charge in [-0.25, -0.2) is 17.2 Å². The molecule has 0 saturated heterocycles. The van der Waals surface area contributed by atoms with E-state index in [2.05, 4.69) is 5.32 Å². The van der Waals surface area contributed by atoms with E-state index >= 15 is 0 Å². The van der Waals surface area contributed by atoms with Gasteiger partial charge in [0.1, 0.15) is 23.3 Å². The van der Waals surface area contributed by atoms with Gasteiger partial charge in [-0.3, -0.25) is 4.79 Å². The van der Waals surface area contributed by atoms with Crippen molar-refractivity contribution in [3.8, 4) is 5.75 Å². The summed E-state index contributed by atoms with van der Waals surface area (Å²) in [5.74, 6) is -2.21. The third-order valence-electron chi connectivity index (χ3n) is 5.17. The topological polar surface area (TPSA) is 75.7 Å².